The Balaban J connectivity index is 0.00000385. The zero-order valence-corrected chi connectivity index (χ0v) is 18.5. The molecule has 3 rings (SSSR count). The summed E-state index contributed by atoms with van der Waals surface area (Å²) in [6.07, 6.45) is 1.40. The number of rotatable bonds is 7. The molecule has 1 N–H and O–H groups in total. The number of methoxy groups -OCH3 is 2. The fourth-order valence-corrected chi connectivity index (χ4v) is 3.25. The lowest BCUT2D eigenvalue weighted by Gasteiger charge is -2.13. The van der Waals surface area contributed by atoms with E-state index in [0.29, 0.717) is 22.9 Å². The highest BCUT2D eigenvalue weighted by atomic mass is 16.5. The van der Waals surface area contributed by atoms with Crippen molar-refractivity contribution in [3.05, 3.63) is 82.3 Å². The number of carbonyl (C=O) groups is 2. The lowest BCUT2D eigenvalue weighted by Crippen LogP contribution is -2.24. The second-order valence-electron chi connectivity index (χ2n) is 7.61. The average molecular weight is 437 g/mol. The van der Waals surface area contributed by atoms with Gasteiger partial charge in [-0.3, -0.25) is 14.4 Å². The number of carbonyl (C=O) groups excluding carboxylic acids is 2. The number of ether oxygens (including phenoxy) is 2. The van der Waals surface area contributed by atoms with Gasteiger partial charge in [0.2, 0.25) is 0 Å². The van der Waals surface area contributed by atoms with Crippen LogP contribution < -0.4 is 15.6 Å². The first-order chi connectivity index (χ1) is 15.3. The molecule has 0 aliphatic carbocycles. The normalized spacial score (nSPS) is 10.7. The summed E-state index contributed by atoms with van der Waals surface area (Å²) in [5.74, 6) is -0.0801. The monoisotopic (exact) mass is 436 g/mol. The first-order valence-corrected chi connectivity index (χ1v) is 10.2. The lowest BCUT2D eigenvalue weighted by molar-refractivity contribution is -0.141. The number of nitrogens with one attached hydrogen (secondary N) is 1. The maximum Gasteiger partial charge on any atom is 0.325 e. The third kappa shape index (κ3) is 5.24. The van der Waals surface area contributed by atoms with Gasteiger partial charge < -0.3 is 19.4 Å². The van der Waals surface area contributed by atoms with Crippen molar-refractivity contribution in [1.29, 1.82) is 0 Å². The van der Waals surface area contributed by atoms with E-state index in [2.05, 4.69) is 36.0 Å². The van der Waals surface area contributed by atoms with Crippen molar-refractivity contribution in [2.24, 2.45) is 0 Å². The number of benzene rings is 2. The van der Waals surface area contributed by atoms with Crippen LogP contribution in [-0.4, -0.2) is 30.7 Å². The molecule has 0 atom stereocenters. The lowest BCUT2D eigenvalue weighted by atomic mass is 9.98. The van der Waals surface area contributed by atoms with E-state index in [0.717, 1.165) is 11.1 Å². The summed E-state index contributed by atoms with van der Waals surface area (Å²) in [4.78, 5) is 36.3. The second kappa shape index (κ2) is 9.96. The molecule has 0 saturated heterocycles. The topological polar surface area (TPSA) is 86.6 Å². The molecule has 2 aromatic carbocycles. The number of hydrogen-bond donors (Lipinski definition) is 1. The minimum absolute atomic E-state index is 0. The molecule has 0 unspecified atom stereocenters. The summed E-state index contributed by atoms with van der Waals surface area (Å²) in [6, 6.07) is 16.4. The van der Waals surface area contributed by atoms with Crippen molar-refractivity contribution in [2.75, 3.05) is 19.5 Å². The molecule has 1 aromatic heterocycles. The van der Waals surface area contributed by atoms with Gasteiger partial charge in [0.25, 0.3) is 11.5 Å². The van der Waals surface area contributed by atoms with Crippen LogP contribution in [0.25, 0.3) is 11.1 Å². The summed E-state index contributed by atoms with van der Waals surface area (Å²) in [5, 5.41) is 2.74. The van der Waals surface area contributed by atoms with E-state index < -0.39 is 11.9 Å². The van der Waals surface area contributed by atoms with E-state index in [9.17, 15) is 14.4 Å². The van der Waals surface area contributed by atoms with E-state index >= 15 is 0 Å². The van der Waals surface area contributed by atoms with Crippen LogP contribution >= 0.6 is 0 Å². The van der Waals surface area contributed by atoms with Crippen LogP contribution in [0, 0.1) is 0 Å². The third-order valence-electron chi connectivity index (χ3n) is 5.13. The Hall–Kier alpha value is -3.87. The molecule has 0 saturated carbocycles. The highest BCUT2D eigenvalue weighted by Crippen LogP contribution is 2.29. The summed E-state index contributed by atoms with van der Waals surface area (Å²) in [7, 11) is 2.75. The van der Waals surface area contributed by atoms with E-state index in [1.54, 1.807) is 6.07 Å². The molecule has 0 spiro atoms. The molecule has 1 amide bonds. The van der Waals surface area contributed by atoms with Gasteiger partial charge in [-0.1, -0.05) is 44.2 Å². The number of pyridine rings is 1. The molecule has 0 radical (unpaired) electrons. The van der Waals surface area contributed by atoms with Gasteiger partial charge in [0.15, 0.2) is 0 Å². The van der Waals surface area contributed by atoms with Gasteiger partial charge in [0.05, 0.1) is 25.5 Å². The molecular weight excluding hydrogens is 408 g/mol. The molecule has 0 fully saturated rings. The van der Waals surface area contributed by atoms with Gasteiger partial charge in [-0.25, -0.2) is 0 Å². The number of aromatic nitrogens is 1. The van der Waals surface area contributed by atoms with Crippen LogP contribution in [0.3, 0.4) is 0 Å². The predicted molar refractivity (Wildman–Crippen MR) is 125 cm³/mol. The van der Waals surface area contributed by atoms with Gasteiger partial charge in [-0.2, -0.15) is 0 Å². The fourth-order valence-electron chi connectivity index (χ4n) is 3.25. The molecule has 32 heavy (non-hydrogen) atoms. The Bertz CT molecular complexity index is 1190. The first kappa shape index (κ1) is 22.8. The fraction of sp³-hybridized carbons (Fsp3) is 0.240. The number of esters is 1. The van der Waals surface area contributed by atoms with Crippen LogP contribution in [0.4, 0.5) is 5.69 Å². The second-order valence-corrected chi connectivity index (χ2v) is 7.61. The Labute approximate surface area is 188 Å². The van der Waals surface area contributed by atoms with Crippen molar-refractivity contribution in [1.82, 2.24) is 4.57 Å². The minimum atomic E-state index is -0.561. The maximum atomic E-state index is 12.9. The molecule has 7 heteroatoms. The smallest absolute Gasteiger partial charge is 0.325 e. The first-order valence-electron chi connectivity index (χ1n) is 10.2. The molecule has 1 heterocycles. The van der Waals surface area contributed by atoms with Crippen molar-refractivity contribution in [3.63, 3.8) is 0 Å². The Morgan fingerprint density at radius 1 is 1.00 bits per heavy atom. The van der Waals surface area contributed by atoms with Crippen LogP contribution in [0.5, 0.6) is 5.75 Å². The Morgan fingerprint density at radius 2 is 1.69 bits per heavy atom. The maximum absolute atomic E-state index is 12.9. The molecule has 0 aliphatic rings. The van der Waals surface area contributed by atoms with Crippen molar-refractivity contribution < 1.29 is 20.5 Å². The van der Waals surface area contributed by atoms with Gasteiger partial charge in [-0.15, -0.1) is 0 Å². The van der Waals surface area contributed by atoms with Gasteiger partial charge >= 0.3 is 5.97 Å². The molecule has 3 aromatic rings. The molecule has 0 bridgehead atoms. The van der Waals surface area contributed by atoms with Crippen molar-refractivity contribution >= 4 is 17.6 Å². The summed E-state index contributed by atoms with van der Waals surface area (Å²) in [6.45, 7) is 4.05. The van der Waals surface area contributed by atoms with Crippen LogP contribution in [0.2, 0.25) is 0 Å². The van der Waals surface area contributed by atoms with Crippen LogP contribution in [0.15, 0.2) is 65.6 Å². The summed E-state index contributed by atoms with van der Waals surface area (Å²) >= 11 is 0. The number of hydrogen-bond acceptors (Lipinski definition) is 5. The predicted octanol–water partition coefficient (Wildman–Crippen LogP) is 4.32. The average Bonchev–Trinajstić information content (AvgIpc) is 2.80. The molecular formula is C25H28N2O5. The van der Waals surface area contributed by atoms with Gasteiger partial charge in [0.1, 0.15) is 12.3 Å². The van der Waals surface area contributed by atoms with Crippen molar-refractivity contribution in [2.45, 2.75) is 26.3 Å². The zero-order chi connectivity index (χ0) is 23.3. The number of nitrogens with zero attached hydrogens (tertiary/aromatic N) is 1. The molecule has 168 valence electrons. The Kier molecular flexibility index (Phi) is 7.10. The van der Waals surface area contributed by atoms with Crippen molar-refractivity contribution in [3.8, 4) is 16.9 Å². The van der Waals surface area contributed by atoms with E-state index in [1.807, 2.05) is 24.3 Å². The van der Waals surface area contributed by atoms with Gasteiger partial charge in [-0.05, 0) is 40.8 Å². The quantitative estimate of drug-likeness (QED) is 0.558. The number of amides is 1. The largest absolute Gasteiger partial charge is 0.496 e. The summed E-state index contributed by atoms with van der Waals surface area (Å²) < 4.78 is 11.2. The SMILES string of the molecule is COC(=O)Cn1cc(NC(=O)c2ccc(-c3ccc(C(C)C)cc3)cc2OC)ccc1=O.[HH]. The highest BCUT2D eigenvalue weighted by molar-refractivity contribution is 6.06. The standard InChI is InChI=1S/C25H26N2O5.H2/c1-16(2)17-5-7-18(8-6-17)19-9-11-21(22(13-19)31-3)25(30)26-20-10-12-23(28)27(14-20)15-24(29)32-4;/h5-14,16H,15H2,1-4H3,(H,26,30);1H. The van der Waals surface area contributed by atoms with E-state index in [-0.39, 0.29) is 13.5 Å². The third-order valence-corrected chi connectivity index (χ3v) is 5.13. The van der Waals surface area contributed by atoms with Crippen LogP contribution in [-0.2, 0) is 16.1 Å². The number of anilines is 1. The molecule has 7 nitrogen and oxygen atoms in total. The molecule has 0 aliphatic heterocycles. The van der Waals surface area contributed by atoms with E-state index in [1.165, 1.54) is 42.7 Å². The van der Waals surface area contributed by atoms with Gasteiger partial charge in [0, 0.05) is 13.7 Å². The zero-order valence-electron chi connectivity index (χ0n) is 18.5. The van der Waals surface area contributed by atoms with E-state index in [4.69, 9.17) is 4.74 Å². The van der Waals surface area contributed by atoms with Crippen LogP contribution in [0.1, 0.15) is 37.1 Å². The summed E-state index contributed by atoms with van der Waals surface area (Å²) in [5.41, 5.74) is 3.55. The Morgan fingerprint density at radius 3 is 2.31 bits per heavy atom. The highest BCUT2D eigenvalue weighted by Gasteiger charge is 2.15. The minimum Gasteiger partial charge on any atom is -0.496 e.